The van der Waals surface area contributed by atoms with Crippen molar-refractivity contribution in [1.29, 1.82) is 0 Å². The second-order valence-corrected chi connectivity index (χ2v) is 4.56. The topological polar surface area (TPSA) is 38.0 Å². The summed E-state index contributed by atoms with van der Waals surface area (Å²) in [7, 11) is 0. The molecule has 0 amide bonds. The van der Waals surface area contributed by atoms with Crippen molar-refractivity contribution in [1.82, 2.24) is 0 Å². The maximum absolute atomic E-state index is 6.06. The van der Waals surface area contributed by atoms with Crippen LogP contribution in [0.4, 0.5) is 11.4 Å². The number of hydrogen-bond acceptors (Lipinski definition) is 2. The Bertz CT molecular complexity index is 509. The Morgan fingerprint density at radius 1 is 1.00 bits per heavy atom. The Kier molecular flexibility index (Phi) is 3.77. The number of benzene rings is 2. The molecule has 0 radical (unpaired) electrons. The minimum absolute atomic E-state index is 0.624. The van der Waals surface area contributed by atoms with E-state index in [0.717, 1.165) is 16.3 Å². The van der Waals surface area contributed by atoms with Gasteiger partial charge < -0.3 is 11.1 Å². The van der Waals surface area contributed by atoms with Crippen molar-refractivity contribution in [2.24, 2.45) is 0 Å². The van der Waals surface area contributed by atoms with Gasteiger partial charge in [-0.25, -0.2) is 0 Å². The van der Waals surface area contributed by atoms with E-state index in [4.69, 9.17) is 28.9 Å². The molecule has 0 saturated heterocycles. The number of rotatable bonds is 3. The molecular formula is C13H12Cl2N2. The van der Waals surface area contributed by atoms with Crippen LogP contribution in [0.15, 0.2) is 42.5 Å². The molecule has 0 bridgehead atoms. The molecule has 0 spiro atoms. The standard InChI is InChI=1S/C13H12Cl2N2/c14-10-3-1-9(2-4-10)8-17-13-6-5-11(16)7-12(13)15/h1-7,17H,8,16H2. The van der Waals surface area contributed by atoms with Crippen molar-refractivity contribution in [3.63, 3.8) is 0 Å². The van der Waals surface area contributed by atoms with Crippen LogP contribution in [0.5, 0.6) is 0 Å². The highest BCUT2D eigenvalue weighted by Crippen LogP contribution is 2.24. The van der Waals surface area contributed by atoms with Gasteiger partial charge in [0.1, 0.15) is 0 Å². The fourth-order valence-electron chi connectivity index (χ4n) is 1.47. The molecule has 88 valence electrons. The van der Waals surface area contributed by atoms with Crippen LogP contribution in [0.25, 0.3) is 0 Å². The summed E-state index contributed by atoms with van der Waals surface area (Å²) >= 11 is 11.9. The molecule has 2 nitrogen and oxygen atoms in total. The van der Waals surface area contributed by atoms with Gasteiger partial charge >= 0.3 is 0 Å². The Labute approximate surface area is 110 Å². The van der Waals surface area contributed by atoms with Crippen molar-refractivity contribution in [2.45, 2.75) is 6.54 Å². The van der Waals surface area contributed by atoms with E-state index in [1.165, 1.54) is 0 Å². The van der Waals surface area contributed by atoms with Crippen LogP contribution in [0.3, 0.4) is 0 Å². The van der Waals surface area contributed by atoms with Gasteiger partial charge in [0.25, 0.3) is 0 Å². The van der Waals surface area contributed by atoms with E-state index in [-0.39, 0.29) is 0 Å². The summed E-state index contributed by atoms with van der Waals surface area (Å²) in [5.41, 5.74) is 8.30. The fraction of sp³-hybridized carbons (Fsp3) is 0.0769. The van der Waals surface area contributed by atoms with E-state index in [1.54, 1.807) is 6.07 Å². The lowest BCUT2D eigenvalue weighted by molar-refractivity contribution is 1.15. The minimum Gasteiger partial charge on any atom is -0.399 e. The van der Waals surface area contributed by atoms with Gasteiger partial charge in [-0.15, -0.1) is 0 Å². The molecule has 0 aliphatic carbocycles. The fourth-order valence-corrected chi connectivity index (χ4v) is 1.86. The number of halogens is 2. The molecule has 0 heterocycles. The summed E-state index contributed by atoms with van der Waals surface area (Å²) in [6.45, 7) is 0.695. The summed E-state index contributed by atoms with van der Waals surface area (Å²) in [4.78, 5) is 0. The first kappa shape index (κ1) is 12.1. The van der Waals surface area contributed by atoms with Gasteiger partial charge in [0.15, 0.2) is 0 Å². The summed E-state index contributed by atoms with van der Waals surface area (Å²) < 4.78 is 0. The smallest absolute Gasteiger partial charge is 0.0658 e. The molecule has 2 aromatic carbocycles. The molecule has 0 aliphatic rings. The normalized spacial score (nSPS) is 10.2. The zero-order valence-corrected chi connectivity index (χ0v) is 10.6. The molecule has 3 N–H and O–H groups in total. The molecule has 0 fully saturated rings. The molecule has 4 heteroatoms. The average Bonchev–Trinajstić information content (AvgIpc) is 2.30. The Balaban J connectivity index is 2.04. The number of nitrogens with one attached hydrogen (secondary N) is 1. The number of hydrogen-bond donors (Lipinski definition) is 2. The average molecular weight is 267 g/mol. The van der Waals surface area contributed by atoms with Crippen molar-refractivity contribution in [3.8, 4) is 0 Å². The van der Waals surface area contributed by atoms with Gasteiger partial charge in [0.05, 0.1) is 10.7 Å². The molecule has 17 heavy (non-hydrogen) atoms. The third kappa shape index (κ3) is 3.29. The molecule has 0 aromatic heterocycles. The van der Waals surface area contributed by atoms with E-state index in [0.29, 0.717) is 17.3 Å². The summed E-state index contributed by atoms with van der Waals surface area (Å²) in [6, 6.07) is 13.1. The first-order chi connectivity index (χ1) is 8.15. The highest BCUT2D eigenvalue weighted by molar-refractivity contribution is 6.33. The zero-order valence-electron chi connectivity index (χ0n) is 9.08. The number of anilines is 2. The lowest BCUT2D eigenvalue weighted by Gasteiger charge is -2.09. The maximum atomic E-state index is 6.06. The van der Waals surface area contributed by atoms with Crippen LogP contribution in [0.1, 0.15) is 5.56 Å². The summed E-state index contributed by atoms with van der Waals surface area (Å²) in [6.07, 6.45) is 0. The molecule has 0 saturated carbocycles. The molecular weight excluding hydrogens is 255 g/mol. The first-order valence-electron chi connectivity index (χ1n) is 5.18. The number of nitrogens with two attached hydrogens (primary N) is 1. The largest absolute Gasteiger partial charge is 0.399 e. The zero-order chi connectivity index (χ0) is 12.3. The Hall–Kier alpha value is -1.38. The lowest BCUT2D eigenvalue weighted by Crippen LogP contribution is -2.00. The van der Waals surface area contributed by atoms with E-state index >= 15 is 0 Å². The van der Waals surface area contributed by atoms with Gasteiger partial charge in [-0.05, 0) is 35.9 Å². The van der Waals surface area contributed by atoms with Gasteiger partial charge in [-0.3, -0.25) is 0 Å². The van der Waals surface area contributed by atoms with Crippen molar-refractivity contribution < 1.29 is 0 Å². The van der Waals surface area contributed by atoms with Crippen molar-refractivity contribution in [2.75, 3.05) is 11.1 Å². The third-order valence-corrected chi connectivity index (χ3v) is 2.95. The highest BCUT2D eigenvalue weighted by atomic mass is 35.5. The summed E-state index contributed by atoms with van der Waals surface area (Å²) in [5, 5.41) is 4.60. The van der Waals surface area contributed by atoms with Crippen LogP contribution in [-0.2, 0) is 6.54 Å². The van der Waals surface area contributed by atoms with Crippen LogP contribution in [0, 0.1) is 0 Å². The molecule has 0 atom stereocenters. The van der Waals surface area contributed by atoms with Crippen LogP contribution < -0.4 is 11.1 Å². The molecule has 0 aliphatic heterocycles. The van der Waals surface area contributed by atoms with Gasteiger partial charge in [0, 0.05) is 17.3 Å². The quantitative estimate of drug-likeness (QED) is 0.818. The third-order valence-electron chi connectivity index (χ3n) is 2.39. The predicted octanol–water partition coefficient (Wildman–Crippen LogP) is 4.19. The van der Waals surface area contributed by atoms with E-state index in [1.807, 2.05) is 36.4 Å². The van der Waals surface area contributed by atoms with E-state index < -0.39 is 0 Å². The maximum Gasteiger partial charge on any atom is 0.0658 e. The SMILES string of the molecule is Nc1ccc(NCc2ccc(Cl)cc2)c(Cl)c1. The van der Waals surface area contributed by atoms with Gasteiger partial charge in [-0.2, -0.15) is 0 Å². The lowest BCUT2D eigenvalue weighted by atomic mass is 10.2. The van der Waals surface area contributed by atoms with Crippen molar-refractivity contribution in [3.05, 3.63) is 58.1 Å². The second kappa shape index (κ2) is 5.30. The van der Waals surface area contributed by atoms with Crippen LogP contribution in [-0.4, -0.2) is 0 Å². The van der Waals surface area contributed by atoms with Gasteiger partial charge in [-0.1, -0.05) is 35.3 Å². The van der Waals surface area contributed by atoms with Crippen LogP contribution in [0.2, 0.25) is 10.0 Å². The van der Waals surface area contributed by atoms with E-state index in [9.17, 15) is 0 Å². The number of nitrogen functional groups attached to an aromatic ring is 1. The highest BCUT2D eigenvalue weighted by Gasteiger charge is 2.00. The summed E-state index contributed by atoms with van der Waals surface area (Å²) in [5.74, 6) is 0. The second-order valence-electron chi connectivity index (χ2n) is 3.72. The monoisotopic (exact) mass is 266 g/mol. The minimum atomic E-state index is 0.624. The van der Waals surface area contributed by atoms with Crippen LogP contribution >= 0.6 is 23.2 Å². The Morgan fingerprint density at radius 2 is 1.71 bits per heavy atom. The molecule has 2 rings (SSSR count). The van der Waals surface area contributed by atoms with E-state index in [2.05, 4.69) is 5.32 Å². The Morgan fingerprint density at radius 3 is 2.35 bits per heavy atom. The van der Waals surface area contributed by atoms with Crippen molar-refractivity contribution >= 4 is 34.6 Å². The predicted molar refractivity (Wildman–Crippen MR) is 74.6 cm³/mol. The molecule has 2 aromatic rings. The van der Waals surface area contributed by atoms with Gasteiger partial charge in [0.2, 0.25) is 0 Å². The molecule has 0 unspecified atom stereocenters. The first-order valence-corrected chi connectivity index (χ1v) is 5.94.